The molecular formula is C22H27N3O4. The molecule has 0 aliphatic rings. The SMILES string of the molecule is CCOc1cc(C(=O)Nc2nc3ccccc3n2CC)cc(OCC)c1OCC. The van der Waals surface area contributed by atoms with Gasteiger partial charge in [-0.15, -0.1) is 0 Å². The fraction of sp³-hybridized carbons (Fsp3) is 0.364. The van der Waals surface area contributed by atoms with E-state index in [0.29, 0.717) is 55.1 Å². The summed E-state index contributed by atoms with van der Waals surface area (Å²) in [7, 11) is 0. The van der Waals surface area contributed by atoms with Gasteiger partial charge < -0.3 is 18.8 Å². The van der Waals surface area contributed by atoms with Gasteiger partial charge in [0.25, 0.3) is 5.91 Å². The second-order valence-corrected chi connectivity index (χ2v) is 6.22. The molecule has 0 saturated carbocycles. The summed E-state index contributed by atoms with van der Waals surface area (Å²) in [5, 5.41) is 2.92. The molecule has 1 aromatic heterocycles. The largest absolute Gasteiger partial charge is 0.490 e. The molecule has 1 heterocycles. The maximum Gasteiger partial charge on any atom is 0.258 e. The summed E-state index contributed by atoms with van der Waals surface area (Å²) in [6, 6.07) is 11.1. The molecule has 1 N–H and O–H groups in total. The Bertz CT molecular complexity index is 970. The topological polar surface area (TPSA) is 74.6 Å². The highest BCUT2D eigenvalue weighted by Gasteiger charge is 2.20. The number of carbonyl (C=O) groups is 1. The van der Waals surface area contributed by atoms with Crippen LogP contribution in [-0.2, 0) is 6.54 Å². The van der Waals surface area contributed by atoms with Crippen LogP contribution in [0.25, 0.3) is 11.0 Å². The second kappa shape index (κ2) is 9.32. The number of aryl methyl sites for hydroxylation is 1. The monoisotopic (exact) mass is 397 g/mol. The van der Waals surface area contributed by atoms with Crippen molar-refractivity contribution in [2.75, 3.05) is 25.1 Å². The Morgan fingerprint density at radius 3 is 2.17 bits per heavy atom. The van der Waals surface area contributed by atoms with Crippen molar-refractivity contribution in [3.8, 4) is 17.2 Å². The van der Waals surface area contributed by atoms with Crippen molar-refractivity contribution in [1.82, 2.24) is 9.55 Å². The van der Waals surface area contributed by atoms with Gasteiger partial charge in [0.15, 0.2) is 11.5 Å². The number of carbonyl (C=O) groups excluding carboxylic acids is 1. The van der Waals surface area contributed by atoms with Crippen LogP contribution in [0.1, 0.15) is 38.1 Å². The summed E-state index contributed by atoms with van der Waals surface area (Å²) >= 11 is 0. The molecule has 1 amide bonds. The van der Waals surface area contributed by atoms with Gasteiger partial charge in [-0.05, 0) is 52.0 Å². The lowest BCUT2D eigenvalue weighted by atomic mass is 10.1. The normalized spacial score (nSPS) is 10.8. The maximum absolute atomic E-state index is 13.0. The van der Waals surface area contributed by atoms with Gasteiger partial charge in [0.2, 0.25) is 11.7 Å². The van der Waals surface area contributed by atoms with Crippen molar-refractivity contribution in [3.63, 3.8) is 0 Å². The molecule has 0 radical (unpaired) electrons. The highest BCUT2D eigenvalue weighted by atomic mass is 16.5. The highest BCUT2D eigenvalue weighted by molar-refractivity contribution is 6.05. The number of nitrogens with zero attached hydrogens (tertiary/aromatic N) is 2. The minimum Gasteiger partial charge on any atom is -0.490 e. The Hall–Kier alpha value is -3.22. The first-order valence-electron chi connectivity index (χ1n) is 9.95. The smallest absolute Gasteiger partial charge is 0.258 e. The van der Waals surface area contributed by atoms with Gasteiger partial charge >= 0.3 is 0 Å². The van der Waals surface area contributed by atoms with E-state index in [-0.39, 0.29) is 5.91 Å². The number of aromatic nitrogens is 2. The molecule has 154 valence electrons. The Morgan fingerprint density at radius 1 is 0.966 bits per heavy atom. The molecule has 0 atom stereocenters. The van der Waals surface area contributed by atoms with Crippen LogP contribution in [0, 0.1) is 0 Å². The van der Waals surface area contributed by atoms with E-state index in [2.05, 4.69) is 10.3 Å². The minimum atomic E-state index is -0.292. The maximum atomic E-state index is 13.0. The van der Waals surface area contributed by atoms with Crippen LogP contribution in [0.2, 0.25) is 0 Å². The molecule has 2 aromatic carbocycles. The number of ether oxygens (including phenoxy) is 3. The number of rotatable bonds is 9. The van der Waals surface area contributed by atoms with E-state index >= 15 is 0 Å². The van der Waals surface area contributed by atoms with Gasteiger partial charge in [-0.25, -0.2) is 4.98 Å². The first kappa shape index (κ1) is 20.5. The number of amides is 1. The van der Waals surface area contributed by atoms with Crippen molar-refractivity contribution in [3.05, 3.63) is 42.0 Å². The molecule has 7 heteroatoms. The molecule has 0 aliphatic carbocycles. The van der Waals surface area contributed by atoms with E-state index in [0.717, 1.165) is 11.0 Å². The minimum absolute atomic E-state index is 0.292. The van der Waals surface area contributed by atoms with Crippen LogP contribution in [0.15, 0.2) is 36.4 Å². The molecule has 0 bridgehead atoms. The van der Waals surface area contributed by atoms with Crippen LogP contribution in [0.4, 0.5) is 5.95 Å². The summed E-state index contributed by atoms with van der Waals surface area (Å²) in [6.07, 6.45) is 0. The average molecular weight is 397 g/mol. The molecule has 7 nitrogen and oxygen atoms in total. The average Bonchev–Trinajstić information content (AvgIpc) is 3.07. The number of nitrogens with one attached hydrogen (secondary N) is 1. The van der Waals surface area contributed by atoms with Crippen LogP contribution >= 0.6 is 0 Å². The molecule has 0 fully saturated rings. The van der Waals surface area contributed by atoms with Gasteiger partial charge in [0.05, 0.1) is 30.9 Å². The molecule has 0 spiro atoms. The number of hydrogen-bond acceptors (Lipinski definition) is 5. The van der Waals surface area contributed by atoms with Crippen molar-refractivity contribution in [2.45, 2.75) is 34.2 Å². The number of hydrogen-bond donors (Lipinski definition) is 1. The molecule has 29 heavy (non-hydrogen) atoms. The van der Waals surface area contributed by atoms with Gasteiger partial charge in [-0.1, -0.05) is 12.1 Å². The van der Waals surface area contributed by atoms with Crippen molar-refractivity contribution in [1.29, 1.82) is 0 Å². The lowest BCUT2D eigenvalue weighted by Crippen LogP contribution is -2.16. The predicted octanol–water partition coefficient (Wildman–Crippen LogP) is 4.50. The first-order chi connectivity index (χ1) is 14.1. The Kier molecular flexibility index (Phi) is 6.59. The standard InChI is InChI=1S/C22H27N3O4/c1-5-25-17-12-10-9-11-16(17)23-22(25)24-21(26)15-13-18(27-6-2)20(29-8-4)19(14-15)28-7-3/h9-14H,5-8H2,1-4H3,(H,23,24,26). The Morgan fingerprint density at radius 2 is 1.59 bits per heavy atom. The van der Waals surface area contributed by atoms with E-state index in [1.165, 1.54) is 0 Å². The summed E-state index contributed by atoms with van der Waals surface area (Å²) in [5.41, 5.74) is 2.22. The van der Waals surface area contributed by atoms with E-state index in [1.807, 2.05) is 56.5 Å². The van der Waals surface area contributed by atoms with Crippen LogP contribution in [0.3, 0.4) is 0 Å². The molecule has 0 saturated heterocycles. The third-order valence-electron chi connectivity index (χ3n) is 4.37. The lowest BCUT2D eigenvalue weighted by Gasteiger charge is -2.17. The summed E-state index contributed by atoms with van der Waals surface area (Å²) < 4.78 is 19.1. The van der Waals surface area contributed by atoms with Gasteiger partial charge in [-0.3, -0.25) is 10.1 Å². The van der Waals surface area contributed by atoms with Gasteiger partial charge in [0, 0.05) is 12.1 Å². The number of benzene rings is 2. The highest BCUT2D eigenvalue weighted by Crippen LogP contribution is 2.39. The van der Waals surface area contributed by atoms with Crippen molar-refractivity contribution >= 4 is 22.9 Å². The van der Waals surface area contributed by atoms with Crippen molar-refractivity contribution < 1.29 is 19.0 Å². The molecule has 0 unspecified atom stereocenters. The van der Waals surface area contributed by atoms with E-state index in [4.69, 9.17) is 14.2 Å². The zero-order chi connectivity index (χ0) is 20.8. The molecule has 3 aromatic rings. The zero-order valence-electron chi connectivity index (χ0n) is 17.3. The Balaban J connectivity index is 1.98. The number of anilines is 1. The number of imidazole rings is 1. The first-order valence-corrected chi connectivity index (χ1v) is 9.95. The molecule has 0 aliphatic heterocycles. The zero-order valence-corrected chi connectivity index (χ0v) is 17.3. The molecule has 3 rings (SSSR count). The summed E-state index contributed by atoms with van der Waals surface area (Å²) in [4.78, 5) is 17.6. The van der Waals surface area contributed by atoms with Crippen LogP contribution < -0.4 is 19.5 Å². The van der Waals surface area contributed by atoms with Gasteiger partial charge in [-0.2, -0.15) is 0 Å². The second-order valence-electron chi connectivity index (χ2n) is 6.22. The number of fused-ring (bicyclic) bond motifs is 1. The summed E-state index contributed by atoms with van der Waals surface area (Å²) in [6.45, 7) is 9.71. The molecular weight excluding hydrogens is 370 g/mol. The van der Waals surface area contributed by atoms with Crippen LogP contribution in [0.5, 0.6) is 17.2 Å². The lowest BCUT2D eigenvalue weighted by molar-refractivity contribution is 0.102. The summed E-state index contributed by atoms with van der Waals surface area (Å²) in [5.74, 6) is 1.68. The van der Waals surface area contributed by atoms with Gasteiger partial charge in [0.1, 0.15) is 0 Å². The predicted molar refractivity (Wildman–Crippen MR) is 113 cm³/mol. The third kappa shape index (κ3) is 4.29. The van der Waals surface area contributed by atoms with Crippen molar-refractivity contribution in [2.24, 2.45) is 0 Å². The quantitative estimate of drug-likeness (QED) is 0.575. The fourth-order valence-corrected chi connectivity index (χ4v) is 3.18. The fourth-order valence-electron chi connectivity index (χ4n) is 3.18. The third-order valence-corrected chi connectivity index (χ3v) is 4.37. The van der Waals surface area contributed by atoms with E-state index in [9.17, 15) is 4.79 Å². The van der Waals surface area contributed by atoms with E-state index in [1.54, 1.807) is 12.1 Å². The van der Waals surface area contributed by atoms with Crippen LogP contribution in [-0.4, -0.2) is 35.3 Å². The number of para-hydroxylation sites is 2. The van der Waals surface area contributed by atoms with E-state index < -0.39 is 0 Å². The Labute approximate surface area is 170 Å².